The highest BCUT2D eigenvalue weighted by atomic mass is 32.2. The zero-order valence-electron chi connectivity index (χ0n) is 17.2. The second-order valence-corrected chi connectivity index (χ2v) is 7.63. The van der Waals surface area contributed by atoms with Gasteiger partial charge in [-0.2, -0.15) is 0 Å². The number of nitrogens with one attached hydrogen (secondary N) is 2. The number of nitrogens with zero attached hydrogens (tertiary/aromatic N) is 1. The number of rotatable bonds is 9. The van der Waals surface area contributed by atoms with Crippen LogP contribution in [0.3, 0.4) is 0 Å². The number of carbonyl (C=O) groups excluding carboxylic acids is 2. The highest BCUT2D eigenvalue weighted by molar-refractivity contribution is 8.00. The van der Waals surface area contributed by atoms with Crippen LogP contribution in [-0.2, 0) is 4.79 Å². The van der Waals surface area contributed by atoms with Gasteiger partial charge in [0, 0.05) is 34.0 Å². The lowest BCUT2D eigenvalue weighted by Gasteiger charge is -2.09. The molecular formula is C23H21N3O5S. The zero-order chi connectivity index (χ0) is 22.9. The van der Waals surface area contributed by atoms with E-state index in [4.69, 9.17) is 4.74 Å². The second-order valence-electron chi connectivity index (χ2n) is 6.58. The van der Waals surface area contributed by atoms with Gasteiger partial charge in [0.15, 0.2) is 0 Å². The molecule has 0 unspecified atom stereocenters. The number of nitro benzene ring substituents is 1. The Labute approximate surface area is 189 Å². The number of non-ortho nitro benzene ring substituents is 1. The third kappa shape index (κ3) is 6.58. The van der Waals surface area contributed by atoms with E-state index in [2.05, 4.69) is 10.6 Å². The number of amides is 2. The van der Waals surface area contributed by atoms with Crippen molar-refractivity contribution in [3.8, 4) is 5.75 Å². The molecule has 0 saturated heterocycles. The van der Waals surface area contributed by atoms with Crippen LogP contribution in [0.25, 0.3) is 0 Å². The molecule has 0 aliphatic carbocycles. The van der Waals surface area contributed by atoms with Crippen molar-refractivity contribution in [1.82, 2.24) is 0 Å². The molecule has 3 rings (SSSR count). The lowest BCUT2D eigenvalue weighted by atomic mass is 10.2. The van der Waals surface area contributed by atoms with E-state index < -0.39 is 4.92 Å². The first kappa shape index (κ1) is 22.8. The van der Waals surface area contributed by atoms with Crippen LogP contribution in [-0.4, -0.2) is 29.1 Å². The third-order valence-electron chi connectivity index (χ3n) is 4.27. The molecule has 0 fully saturated rings. The number of ether oxygens (including phenoxy) is 1. The van der Waals surface area contributed by atoms with E-state index in [1.807, 2.05) is 6.92 Å². The van der Waals surface area contributed by atoms with E-state index in [1.165, 1.54) is 23.9 Å². The van der Waals surface area contributed by atoms with Crippen LogP contribution in [0.5, 0.6) is 5.75 Å². The summed E-state index contributed by atoms with van der Waals surface area (Å²) in [5.74, 6) is 0.399. The SMILES string of the molecule is CCOc1ccc(NC(=O)c2ccc(NC(=O)CSc3ccc([N+](=O)[O-])cc3)cc2)cc1. The Bertz CT molecular complexity index is 1080. The monoisotopic (exact) mass is 451 g/mol. The van der Waals surface area contributed by atoms with Crippen molar-refractivity contribution >= 4 is 40.6 Å². The van der Waals surface area contributed by atoms with E-state index in [1.54, 1.807) is 60.7 Å². The first-order valence-electron chi connectivity index (χ1n) is 9.76. The molecule has 9 heteroatoms. The van der Waals surface area contributed by atoms with Crippen LogP contribution in [0.1, 0.15) is 17.3 Å². The first-order chi connectivity index (χ1) is 15.4. The van der Waals surface area contributed by atoms with Gasteiger partial charge >= 0.3 is 0 Å². The standard InChI is InChI=1S/C23H21N3O5S/c1-2-31-20-11-7-18(8-12-20)25-23(28)16-3-5-17(6-4-16)24-22(27)15-32-21-13-9-19(10-14-21)26(29)30/h3-14H,2,15H2,1H3,(H,24,27)(H,25,28). The fourth-order valence-electron chi connectivity index (χ4n) is 2.72. The number of anilines is 2. The molecule has 0 bridgehead atoms. The first-order valence-corrected chi connectivity index (χ1v) is 10.7. The molecular weight excluding hydrogens is 430 g/mol. The predicted octanol–water partition coefficient (Wildman–Crippen LogP) is 4.98. The summed E-state index contributed by atoms with van der Waals surface area (Å²) in [5, 5.41) is 16.3. The van der Waals surface area contributed by atoms with Crippen LogP contribution in [0.2, 0.25) is 0 Å². The van der Waals surface area contributed by atoms with Crippen molar-refractivity contribution < 1.29 is 19.2 Å². The smallest absolute Gasteiger partial charge is 0.269 e. The summed E-state index contributed by atoms with van der Waals surface area (Å²) in [7, 11) is 0. The van der Waals surface area contributed by atoms with E-state index in [9.17, 15) is 19.7 Å². The number of benzene rings is 3. The van der Waals surface area contributed by atoms with E-state index >= 15 is 0 Å². The highest BCUT2D eigenvalue weighted by Gasteiger charge is 2.09. The topological polar surface area (TPSA) is 111 Å². The molecule has 32 heavy (non-hydrogen) atoms. The van der Waals surface area contributed by atoms with E-state index in [0.29, 0.717) is 23.5 Å². The maximum absolute atomic E-state index is 12.4. The Kier molecular flexibility index (Phi) is 7.82. The number of hydrogen-bond donors (Lipinski definition) is 2. The Balaban J connectivity index is 1.49. The van der Waals surface area contributed by atoms with Crippen molar-refractivity contribution in [2.45, 2.75) is 11.8 Å². The summed E-state index contributed by atoms with van der Waals surface area (Å²) in [6.07, 6.45) is 0. The average Bonchev–Trinajstić information content (AvgIpc) is 2.80. The normalized spacial score (nSPS) is 10.3. The number of carbonyl (C=O) groups is 2. The van der Waals surface area contributed by atoms with Gasteiger partial charge in [-0.05, 0) is 67.6 Å². The van der Waals surface area contributed by atoms with Crippen molar-refractivity contribution in [2.24, 2.45) is 0 Å². The van der Waals surface area contributed by atoms with Crippen LogP contribution < -0.4 is 15.4 Å². The van der Waals surface area contributed by atoms with Crippen molar-refractivity contribution in [1.29, 1.82) is 0 Å². The fourth-order valence-corrected chi connectivity index (χ4v) is 3.42. The van der Waals surface area contributed by atoms with Crippen LogP contribution >= 0.6 is 11.8 Å². The largest absolute Gasteiger partial charge is 0.494 e. The van der Waals surface area contributed by atoms with E-state index in [0.717, 1.165) is 10.6 Å². The van der Waals surface area contributed by atoms with Gasteiger partial charge in [-0.3, -0.25) is 19.7 Å². The number of thioether (sulfide) groups is 1. The molecule has 2 N–H and O–H groups in total. The third-order valence-corrected chi connectivity index (χ3v) is 5.28. The van der Waals surface area contributed by atoms with Crippen molar-refractivity contribution in [3.05, 3.63) is 88.5 Å². The lowest BCUT2D eigenvalue weighted by molar-refractivity contribution is -0.384. The minimum absolute atomic E-state index is 0.00505. The Hall–Kier alpha value is -3.85. The molecule has 0 aliphatic heterocycles. The summed E-state index contributed by atoms with van der Waals surface area (Å²) < 4.78 is 5.38. The summed E-state index contributed by atoms with van der Waals surface area (Å²) >= 11 is 1.27. The summed E-state index contributed by atoms with van der Waals surface area (Å²) in [4.78, 5) is 35.5. The molecule has 0 heterocycles. The predicted molar refractivity (Wildman–Crippen MR) is 124 cm³/mol. The molecule has 8 nitrogen and oxygen atoms in total. The Morgan fingerprint density at radius 1 is 0.906 bits per heavy atom. The molecule has 0 spiro atoms. The molecule has 0 atom stereocenters. The summed E-state index contributed by atoms with van der Waals surface area (Å²) in [5.41, 5.74) is 1.68. The summed E-state index contributed by atoms with van der Waals surface area (Å²) in [6.45, 7) is 2.48. The Morgan fingerprint density at radius 3 is 2.09 bits per heavy atom. The van der Waals surface area contributed by atoms with Gasteiger partial charge in [0.05, 0.1) is 17.3 Å². The number of hydrogen-bond acceptors (Lipinski definition) is 6. The lowest BCUT2D eigenvalue weighted by Crippen LogP contribution is -2.15. The average molecular weight is 452 g/mol. The second kappa shape index (κ2) is 11.0. The van der Waals surface area contributed by atoms with Gasteiger partial charge < -0.3 is 15.4 Å². The molecule has 3 aromatic carbocycles. The molecule has 2 amide bonds. The number of nitro groups is 1. The van der Waals surface area contributed by atoms with Crippen LogP contribution in [0.4, 0.5) is 17.1 Å². The summed E-state index contributed by atoms with van der Waals surface area (Å²) in [6, 6.07) is 19.7. The van der Waals surface area contributed by atoms with E-state index in [-0.39, 0.29) is 23.3 Å². The maximum atomic E-state index is 12.4. The van der Waals surface area contributed by atoms with Crippen LogP contribution in [0.15, 0.2) is 77.7 Å². The molecule has 0 radical (unpaired) electrons. The maximum Gasteiger partial charge on any atom is 0.269 e. The van der Waals surface area contributed by atoms with Gasteiger partial charge in [0.2, 0.25) is 5.91 Å². The van der Waals surface area contributed by atoms with Gasteiger partial charge in [-0.15, -0.1) is 11.8 Å². The molecule has 0 aliphatic rings. The van der Waals surface area contributed by atoms with Gasteiger partial charge in [0.1, 0.15) is 5.75 Å². The quantitative estimate of drug-likeness (QED) is 0.270. The van der Waals surface area contributed by atoms with Crippen molar-refractivity contribution in [3.63, 3.8) is 0 Å². The highest BCUT2D eigenvalue weighted by Crippen LogP contribution is 2.22. The van der Waals surface area contributed by atoms with Gasteiger partial charge in [-0.1, -0.05) is 0 Å². The minimum atomic E-state index is -0.469. The van der Waals surface area contributed by atoms with Crippen LogP contribution in [0, 0.1) is 10.1 Å². The Morgan fingerprint density at radius 2 is 1.50 bits per heavy atom. The molecule has 0 saturated carbocycles. The molecule has 164 valence electrons. The zero-order valence-corrected chi connectivity index (χ0v) is 18.1. The molecule has 3 aromatic rings. The molecule has 0 aromatic heterocycles. The van der Waals surface area contributed by atoms with Crippen molar-refractivity contribution in [2.75, 3.05) is 23.0 Å². The minimum Gasteiger partial charge on any atom is -0.494 e. The van der Waals surface area contributed by atoms with Gasteiger partial charge in [-0.25, -0.2) is 0 Å². The van der Waals surface area contributed by atoms with Gasteiger partial charge in [0.25, 0.3) is 11.6 Å². The fraction of sp³-hybridized carbons (Fsp3) is 0.130.